The van der Waals surface area contributed by atoms with E-state index in [0.29, 0.717) is 0 Å². The minimum absolute atomic E-state index is 0. The van der Waals surface area contributed by atoms with Crippen LogP contribution in [-0.2, 0) is 9.13 Å². The van der Waals surface area contributed by atoms with Gasteiger partial charge in [0, 0.05) is 0 Å². The summed E-state index contributed by atoms with van der Waals surface area (Å²) in [7, 11) is -9.28. The molecule has 0 atom stereocenters. The van der Waals surface area contributed by atoms with Crippen molar-refractivity contribution in [3.05, 3.63) is 0 Å². The van der Waals surface area contributed by atoms with E-state index >= 15 is 0 Å². The Balaban J connectivity index is -0.0000000267. The van der Waals surface area contributed by atoms with E-state index in [0.717, 1.165) is 0 Å². The maximum absolute atomic E-state index is 8.88. The van der Waals surface area contributed by atoms with Crippen LogP contribution in [0.5, 0.6) is 0 Å². The predicted molar refractivity (Wildman–Crippen MR) is 49.6 cm³/mol. The van der Waals surface area contributed by atoms with Crippen molar-refractivity contribution in [2.45, 2.75) is 7.43 Å². The third-order valence-corrected chi connectivity index (χ3v) is 0. The summed E-state index contributed by atoms with van der Waals surface area (Å²) in [6, 6.07) is 0. The molecule has 0 saturated heterocycles. The average Bonchev–Trinajstić information content (AvgIpc) is 1.12. The molecule has 0 aromatic rings. The molecular formula is CH12Na2O8P2. The fourth-order valence-corrected chi connectivity index (χ4v) is 0. The summed E-state index contributed by atoms with van der Waals surface area (Å²) in [6.45, 7) is 0. The second-order valence-corrected chi connectivity index (χ2v) is 3.08. The zero-order chi connectivity index (χ0) is 9.00. The molecule has 8 nitrogen and oxygen atoms in total. The van der Waals surface area contributed by atoms with Gasteiger partial charge in [0.05, 0.1) is 0 Å². The van der Waals surface area contributed by atoms with Gasteiger partial charge >= 0.3 is 74.8 Å². The van der Waals surface area contributed by atoms with E-state index in [1.807, 2.05) is 0 Å². The van der Waals surface area contributed by atoms with Gasteiger partial charge in [0.1, 0.15) is 0 Å². The average molecular weight is 260 g/mol. The second kappa shape index (κ2) is 12.3. The fourth-order valence-electron chi connectivity index (χ4n) is 0. The molecule has 0 unspecified atom stereocenters. The zero-order valence-electron chi connectivity index (χ0n) is 4.39. The van der Waals surface area contributed by atoms with Gasteiger partial charge in [-0.25, -0.2) is 9.13 Å². The fraction of sp³-hybridized carbons (Fsp3) is 1.00. The number of hydrogen-bond donors (Lipinski definition) is 6. The Morgan fingerprint density at radius 1 is 0.615 bits per heavy atom. The molecule has 76 valence electrons. The Hall–Kier alpha value is 2.22. The summed E-state index contributed by atoms with van der Waals surface area (Å²) >= 11 is 0. The Bertz CT molecular complexity index is 132. The molecule has 0 aromatic heterocycles. The molecule has 0 amide bonds. The molecule has 0 rings (SSSR count). The van der Waals surface area contributed by atoms with Gasteiger partial charge in [0.25, 0.3) is 0 Å². The van der Waals surface area contributed by atoms with E-state index in [1.165, 1.54) is 0 Å². The van der Waals surface area contributed by atoms with Crippen LogP contribution in [0.25, 0.3) is 0 Å². The molecule has 0 aliphatic heterocycles. The molecule has 0 aromatic carbocycles. The van der Waals surface area contributed by atoms with Crippen molar-refractivity contribution in [3.63, 3.8) is 0 Å². The van der Waals surface area contributed by atoms with Crippen LogP contribution in [-0.4, -0.2) is 88.5 Å². The Morgan fingerprint density at radius 3 is 0.615 bits per heavy atom. The Kier molecular flexibility index (Phi) is 27.9. The summed E-state index contributed by atoms with van der Waals surface area (Å²) in [5, 5.41) is 0. The summed E-state index contributed by atoms with van der Waals surface area (Å²) < 4.78 is 17.8. The number of phosphoric acid groups is 2. The molecule has 0 bridgehead atoms. The molecule has 0 aliphatic carbocycles. The quantitative estimate of drug-likeness (QED) is 0.206. The topological polar surface area (TPSA) is 156 Å². The van der Waals surface area contributed by atoms with Crippen molar-refractivity contribution in [1.29, 1.82) is 0 Å². The van der Waals surface area contributed by atoms with E-state index in [1.54, 1.807) is 0 Å². The van der Waals surface area contributed by atoms with Crippen molar-refractivity contribution in [2.24, 2.45) is 0 Å². The monoisotopic (exact) mass is 260 g/mol. The van der Waals surface area contributed by atoms with Crippen molar-refractivity contribution in [2.75, 3.05) is 0 Å². The van der Waals surface area contributed by atoms with Crippen LogP contribution >= 0.6 is 15.6 Å². The van der Waals surface area contributed by atoms with E-state index in [9.17, 15) is 0 Å². The van der Waals surface area contributed by atoms with Gasteiger partial charge in [0.15, 0.2) is 0 Å². The molecule has 6 N–H and O–H groups in total. The van der Waals surface area contributed by atoms with Crippen molar-refractivity contribution in [1.82, 2.24) is 0 Å². The zero-order valence-corrected chi connectivity index (χ0v) is 6.18. The van der Waals surface area contributed by atoms with Gasteiger partial charge in [0.2, 0.25) is 0 Å². The minimum atomic E-state index is -4.64. The first-order valence-electron chi connectivity index (χ1n) is 1.57. The summed E-state index contributed by atoms with van der Waals surface area (Å²) in [6.07, 6.45) is 0. The predicted octanol–water partition coefficient (Wildman–Crippen LogP) is -2.52. The molecular weight excluding hydrogens is 248 g/mol. The summed E-state index contributed by atoms with van der Waals surface area (Å²) in [4.78, 5) is 43.1. The number of rotatable bonds is 0. The molecule has 13 heavy (non-hydrogen) atoms. The van der Waals surface area contributed by atoms with Crippen LogP contribution in [0.1, 0.15) is 7.43 Å². The van der Waals surface area contributed by atoms with Crippen molar-refractivity contribution in [3.8, 4) is 0 Å². The van der Waals surface area contributed by atoms with E-state index in [4.69, 9.17) is 38.5 Å². The second-order valence-electron chi connectivity index (χ2n) is 1.03. The van der Waals surface area contributed by atoms with Crippen LogP contribution in [0.4, 0.5) is 0 Å². The molecule has 0 heterocycles. The summed E-state index contributed by atoms with van der Waals surface area (Å²) in [5.74, 6) is 0. The van der Waals surface area contributed by atoms with Crippen LogP contribution in [0, 0.1) is 0 Å². The Morgan fingerprint density at radius 2 is 0.615 bits per heavy atom. The first-order valence-corrected chi connectivity index (χ1v) is 4.70. The molecule has 0 fully saturated rings. The standard InChI is InChI=1S/CH4.2Na.2H3O4P.2H/c;;;2*1-5(2,3)4;;/h1H4;;;2*(H3,1,2,3,4);;. The molecule has 0 radical (unpaired) electrons. The SMILES string of the molecule is C.O=P(O)(O)O.O=P(O)(O)O.[NaH].[NaH]. The molecule has 0 saturated carbocycles. The van der Waals surface area contributed by atoms with Gasteiger partial charge in [-0.05, 0) is 0 Å². The van der Waals surface area contributed by atoms with Gasteiger partial charge in [-0.15, -0.1) is 0 Å². The van der Waals surface area contributed by atoms with Crippen LogP contribution in [0.3, 0.4) is 0 Å². The third-order valence-electron chi connectivity index (χ3n) is 0. The van der Waals surface area contributed by atoms with E-state index in [2.05, 4.69) is 0 Å². The third kappa shape index (κ3) is 431. The van der Waals surface area contributed by atoms with Crippen LogP contribution in [0.15, 0.2) is 0 Å². The molecule has 0 spiro atoms. The first-order chi connectivity index (χ1) is 4.00. The van der Waals surface area contributed by atoms with E-state index < -0.39 is 15.6 Å². The first kappa shape index (κ1) is 29.5. The van der Waals surface area contributed by atoms with Gasteiger partial charge in [-0.1, -0.05) is 7.43 Å². The van der Waals surface area contributed by atoms with Gasteiger partial charge in [-0.3, -0.25) is 0 Å². The Labute approximate surface area is 119 Å². The number of hydrogen-bond acceptors (Lipinski definition) is 2. The summed E-state index contributed by atoms with van der Waals surface area (Å²) in [5.41, 5.74) is 0. The van der Waals surface area contributed by atoms with Crippen LogP contribution in [0.2, 0.25) is 0 Å². The van der Waals surface area contributed by atoms with Gasteiger partial charge in [-0.2, -0.15) is 0 Å². The van der Waals surface area contributed by atoms with Crippen molar-refractivity contribution < 1.29 is 38.5 Å². The molecule has 0 aliphatic rings. The van der Waals surface area contributed by atoms with Gasteiger partial charge < -0.3 is 29.4 Å². The maximum atomic E-state index is 8.88. The normalized spacial score (nSPS) is 9.08. The van der Waals surface area contributed by atoms with Crippen molar-refractivity contribution >= 4 is 74.8 Å². The molecule has 12 heteroatoms. The van der Waals surface area contributed by atoms with E-state index in [-0.39, 0.29) is 66.5 Å². The van der Waals surface area contributed by atoms with Crippen LogP contribution < -0.4 is 0 Å².